The van der Waals surface area contributed by atoms with E-state index in [1.54, 1.807) is 23.1 Å². The Bertz CT molecular complexity index is 1210. The Morgan fingerprint density at radius 2 is 1.72 bits per heavy atom. The molecule has 0 unspecified atom stereocenters. The summed E-state index contributed by atoms with van der Waals surface area (Å²) in [6.45, 7) is 1.65. The van der Waals surface area contributed by atoms with Crippen LogP contribution >= 0.6 is 11.8 Å². The van der Waals surface area contributed by atoms with E-state index in [1.807, 2.05) is 31.2 Å². The third-order valence-electron chi connectivity index (χ3n) is 4.62. The fourth-order valence-electron chi connectivity index (χ4n) is 2.95. The Kier molecular flexibility index (Phi) is 6.50. The first-order chi connectivity index (χ1) is 15.5. The maximum atomic E-state index is 13.9. The summed E-state index contributed by atoms with van der Waals surface area (Å²) >= 11 is 1.32. The molecule has 10 heteroatoms. The molecule has 0 radical (unpaired) electrons. The summed E-state index contributed by atoms with van der Waals surface area (Å²) in [5, 5.41) is 11.3. The molecule has 1 amide bonds. The molecule has 0 spiro atoms. The Labute approximate surface area is 186 Å². The second kappa shape index (κ2) is 9.65. The van der Waals surface area contributed by atoms with Gasteiger partial charge in [-0.05, 0) is 37.3 Å². The number of aromatic nitrogens is 5. The van der Waals surface area contributed by atoms with Gasteiger partial charge in [-0.25, -0.2) is 23.4 Å². The molecule has 4 rings (SSSR count). The van der Waals surface area contributed by atoms with Crippen LogP contribution in [-0.2, 0) is 12.3 Å². The number of nitrogens with one attached hydrogen (secondary N) is 1. The van der Waals surface area contributed by atoms with E-state index < -0.39 is 17.5 Å². The van der Waals surface area contributed by atoms with Crippen molar-refractivity contribution < 1.29 is 13.6 Å². The van der Waals surface area contributed by atoms with Crippen molar-refractivity contribution >= 4 is 17.7 Å². The van der Waals surface area contributed by atoms with Crippen molar-refractivity contribution in [1.29, 1.82) is 0 Å². The van der Waals surface area contributed by atoms with Crippen LogP contribution in [0.1, 0.15) is 27.3 Å². The molecule has 0 aliphatic carbocycles. The molecule has 7 nitrogen and oxygen atoms in total. The van der Waals surface area contributed by atoms with Gasteiger partial charge in [0.2, 0.25) is 0 Å². The molecule has 0 aliphatic rings. The maximum Gasteiger partial charge on any atom is 0.274 e. The van der Waals surface area contributed by atoms with Gasteiger partial charge in [0.15, 0.2) is 10.9 Å². The Morgan fingerprint density at radius 1 is 1.03 bits per heavy atom. The Hall–Kier alpha value is -3.66. The lowest BCUT2D eigenvalue weighted by atomic mass is 10.2. The van der Waals surface area contributed by atoms with Crippen molar-refractivity contribution in [3.05, 3.63) is 95.1 Å². The molecule has 32 heavy (non-hydrogen) atoms. The molecule has 0 saturated heterocycles. The molecule has 0 atom stereocenters. The van der Waals surface area contributed by atoms with Crippen LogP contribution in [0, 0.1) is 18.6 Å². The zero-order valence-electron chi connectivity index (χ0n) is 17.0. The van der Waals surface area contributed by atoms with Crippen molar-refractivity contribution in [1.82, 2.24) is 30.3 Å². The molecule has 1 N–H and O–H groups in total. The highest BCUT2D eigenvalue weighted by Gasteiger charge is 2.22. The predicted molar refractivity (Wildman–Crippen MR) is 115 cm³/mol. The van der Waals surface area contributed by atoms with Crippen LogP contribution in [0.3, 0.4) is 0 Å². The summed E-state index contributed by atoms with van der Waals surface area (Å²) in [7, 11) is 0. The number of hydrogen-bond donors (Lipinski definition) is 1. The highest BCUT2D eigenvalue weighted by molar-refractivity contribution is 7.98. The third-order valence-corrected chi connectivity index (χ3v) is 5.51. The van der Waals surface area contributed by atoms with Gasteiger partial charge in [-0.1, -0.05) is 40.7 Å². The second-order valence-corrected chi connectivity index (χ2v) is 7.78. The van der Waals surface area contributed by atoms with Crippen LogP contribution in [0.2, 0.25) is 0 Å². The standard InChI is InChI=1S/C22H18F2N6OS/c1-14-6-8-15(9-7-14)30-19(13-32-22-25-10-3-11-26-22)20(28-29-30)21(31)27-12-16-17(23)4-2-5-18(16)24/h2-11H,12-13H2,1H3,(H,27,31). The number of benzene rings is 2. The summed E-state index contributed by atoms with van der Waals surface area (Å²) < 4.78 is 29.4. The van der Waals surface area contributed by atoms with Gasteiger partial charge in [0.25, 0.3) is 5.91 Å². The number of aryl methyl sites for hydroxylation is 1. The zero-order valence-corrected chi connectivity index (χ0v) is 17.8. The Morgan fingerprint density at radius 3 is 2.41 bits per heavy atom. The van der Waals surface area contributed by atoms with E-state index in [-0.39, 0.29) is 17.8 Å². The van der Waals surface area contributed by atoms with Gasteiger partial charge in [0.1, 0.15) is 11.6 Å². The van der Waals surface area contributed by atoms with Crippen LogP contribution in [0.4, 0.5) is 8.78 Å². The largest absolute Gasteiger partial charge is 0.346 e. The summed E-state index contributed by atoms with van der Waals surface area (Å²) in [5.74, 6) is -1.74. The van der Waals surface area contributed by atoms with Crippen LogP contribution in [-0.4, -0.2) is 30.9 Å². The number of rotatable bonds is 7. The van der Waals surface area contributed by atoms with Gasteiger partial charge in [-0.2, -0.15) is 0 Å². The maximum absolute atomic E-state index is 13.9. The lowest BCUT2D eigenvalue weighted by molar-refractivity contribution is 0.0944. The SMILES string of the molecule is Cc1ccc(-n2nnc(C(=O)NCc3c(F)cccc3F)c2CSc2ncccn2)cc1. The van der Waals surface area contributed by atoms with Crippen LogP contribution in [0.5, 0.6) is 0 Å². The number of amides is 1. The van der Waals surface area contributed by atoms with E-state index in [1.165, 1.54) is 17.8 Å². The fraction of sp³-hybridized carbons (Fsp3) is 0.136. The van der Waals surface area contributed by atoms with Crippen molar-refractivity contribution in [3.8, 4) is 5.69 Å². The first-order valence-electron chi connectivity index (χ1n) is 9.65. The first kappa shape index (κ1) is 21.6. The van der Waals surface area contributed by atoms with Gasteiger partial charge in [0, 0.05) is 30.3 Å². The lowest BCUT2D eigenvalue weighted by Crippen LogP contribution is -2.25. The van der Waals surface area contributed by atoms with E-state index in [4.69, 9.17) is 0 Å². The molecule has 0 aliphatic heterocycles. The smallest absolute Gasteiger partial charge is 0.274 e. The number of hydrogen-bond acceptors (Lipinski definition) is 6. The number of halogens is 2. The summed E-state index contributed by atoms with van der Waals surface area (Å²) in [5.41, 5.74) is 2.16. The number of carbonyl (C=O) groups excluding carboxylic acids is 1. The number of carbonyl (C=O) groups is 1. The molecule has 162 valence electrons. The number of nitrogens with zero attached hydrogens (tertiary/aromatic N) is 5. The molecule has 4 aromatic rings. The molecule has 2 aromatic heterocycles. The van der Waals surface area contributed by atoms with Gasteiger partial charge in [0.05, 0.1) is 11.4 Å². The minimum absolute atomic E-state index is 0.0609. The predicted octanol–water partition coefficient (Wildman–Crippen LogP) is 3.87. The molecule has 2 aromatic carbocycles. The fourth-order valence-corrected chi connectivity index (χ4v) is 3.74. The monoisotopic (exact) mass is 452 g/mol. The molecular weight excluding hydrogens is 434 g/mol. The van der Waals surface area contributed by atoms with E-state index in [9.17, 15) is 13.6 Å². The number of thioether (sulfide) groups is 1. The zero-order chi connectivity index (χ0) is 22.5. The quantitative estimate of drug-likeness (QED) is 0.339. The average molecular weight is 452 g/mol. The van der Waals surface area contributed by atoms with Crippen LogP contribution in [0.15, 0.2) is 66.1 Å². The Balaban J connectivity index is 1.61. The van der Waals surface area contributed by atoms with Crippen molar-refractivity contribution in [2.45, 2.75) is 24.4 Å². The van der Waals surface area contributed by atoms with Crippen LogP contribution in [0.25, 0.3) is 5.69 Å². The lowest BCUT2D eigenvalue weighted by Gasteiger charge is -2.09. The molecule has 0 bridgehead atoms. The summed E-state index contributed by atoms with van der Waals surface area (Å²) in [4.78, 5) is 21.2. The summed E-state index contributed by atoms with van der Waals surface area (Å²) in [6.07, 6.45) is 3.25. The van der Waals surface area contributed by atoms with E-state index in [0.29, 0.717) is 16.6 Å². The van der Waals surface area contributed by atoms with Gasteiger partial charge in [-0.3, -0.25) is 4.79 Å². The molecular formula is C22H18F2N6OS. The average Bonchev–Trinajstić information content (AvgIpc) is 3.22. The first-order valence-corrected chi connectivity index (χ1v) is 10.6. The second-order valence-electron chi connectivity index (χ2n) is 6.84. The van der Waals surface area contributed by atoms with Gasteiger partial charge in [-0.15, -0.1) is 5.10 Å². The van der Waals surface area contributed by atoms with E-state index in [2.05, 4.69) is 25.6 Å². The minimum atomic E-state index is -0.731. The molecule has 0 saturated carbocycles. The normalized spacial score (nSPS) is 10.8. The highest BCUT2D eigenvalue weighted by Crippen LogP contribution is 2.23. The third kappa shape index (κ3) is 4.80. The topological polar surface area (TPSA) is 85.6 Å². The van der Waals surface area contributed by atoms with Gasteiger partial charge >= 0.3 is 0 Å². The van der Waals surface area contributed by atoms with Crippen molar-refractivity contribution in [3.63, 3.8) is 0 Å². The highest BCUT2D eigenvalue weighted by atomic mass is 32.2. The van der Waals surface area contributed by atoms with Gasteiger partial charge < -0.3 is 5.32 Å². The summed E-state index contributed by atoms with van der Waals surface area (Å²) in [6, 6.07) is 12.8. The minimum Gasteiger partial charge on any atom is -0.346 e. The van der Waals surface area contributed by atoms with Crippen molar-refractivity contribution in [2.75, 3.05) is 0 Å². The van der Waals surface area contributed by atoms with E-state index in [0.717, 1.165) is 23.4 Å². The van der Waals surface area contributed by atoms with E-state index >= 15 is 0 Å². The molecule has 0 fully saturated rings. The molecule has 2 heterocycles. The van der Waals surface area contributed by atoms with Crippen LogP contribution < -0.4 is 5.32 Å². The van der Waals surface area contributed by atoms with Crippen molar-refractivity contribution in [2.24, 2.45) is 0 Å².